The van der Waals surface area contributed by atoms with Crippen LogP contribution in [-0.4, -0.2) is 35.8 Å². The predicted molar refractivity (Wildman–Crippen MR) is 104 cm³/mol. The van der Waals surface area contributed by atoms with Gasteiger partial charge in [-0.1, -0.05) is 12.1 Å². The van der Waals surface area contributed by atoms with Crippen molar-refractivity contribution >= 4 is 32.4 Å². The summed E-state index contributed by atoms with van der Waals surface area (Å²) >= 11 is 0. The van der Waals surface area contributed by atoms with Gasteiger partial charge in [0.05, 0.1) is 10.4 Å². The monoisotopic (exact) mass is 424 g/mol. The van der Waals surface area contributed by atoms with Gasteiger partial charge in [0, 0.05) is 24.2 Å². The van der Waals surface area contributed by atoms with Crippen LogP contribution >= 0.6 is 0 Å². The maximum absolute atomic E-state index is 13.1. The number of fused-ring (bicyclic) bond motifs is 1. The Labute approximate surface area is 166 Å². The predicted octanol–water partition coefficient (Wildman–Crippen LogP) is 4.42. The Morgan fingerprint density at radius 2 is 1.62 bits per heavy atom. The summed E-state index contributed by atoms with van der Waals surface area (Å²) in [5.41, 5.74) is 0.545. The molecule has 29 heavy (non-hydrogen) atoms. The number of nitrogens with one attached hydrogen (secondary N) is 1. The third-order valence-corrected chi connectivity index (χ3v) is 6.43. The number of anilines is 2. The van der Waals surface area contributed by atoms with Crippen molar-refractivity contribution < 1.29 is 21.6 Å². The van der Waals surface area contributed by atoms with Crippen molar-refractivity contribution in [1.82, 2.24) is 14.3 Å². The van der Waals surface area contributed by atoms with E-state index in [2.05, 4.69) is 15.3 Å². The topological polar surface area (TPSA) is 75.2 Å². The number of halogens is 3. The zero-order valence-electron chi connectivity index (χ0n) is 15.9. The van der Waals surface area contributed by atoms with E-state index in [9.17, 15) is 21.6 Å². The lowest BCUT2D eigenvalue weighted by Gasteiger charge is -2.21. The Balaban J connectivity index is 1.98. The first-order valence-corrected chi connectivity index (χ1v) is 10.1. The van der Waals surface area contributed by atoms with Crippen LogP contribution < -0.4 is 5.32 Å². The van der Waals surface area contributed by atoms with Gasteiger partial charge in [0.1, 0.15) is 5.82 Å². The van der Waals surface area contributed by atoms with Crippen LogP contribution in [0.1, 0.15) is 19.7 Å². The van der Waals surface area contributed by atoms with Gasteiger partial charge in [-0.25, -0.2) is 18.4 Å². The molecule has 3 rings (SSSR count). The van der Waals surface area contributed by atoms with Crippen LogP contribution in [0.3, 0.4) is 0 Å². The van der Waals surface area contributed by atoms with E-state index in [1.165, 1.54) is 41.7 Å². The third-order valence-electron chi connectivity index (χ3n) is 4.38. The fourth-order valence-corrected chi connectivity index (χ4v) is 3.96. The number of hydrogen-bond donors (Lipinski definition) is 1. The number of nitrogens with zero attached hydrogens (tertiary/aromatic N) is 3. The van der Waals surface area contributed by atoms with Gasteiger partial charge >= 0.3 is 6.18 Å². The first kappa shape index (κ1) is 21.0. The minimum Gasteiger partial charge on any atom is -0.340 e. The summed E-state index contributed by atoms with van der Waals surface area (Å²) in [6.45, 7) is 3.51. The normalized spacial score (nSPS) is 12.7. The molecule has 6 nitrogen and oxygen atoms in total. The molecule has 2 aromatic carbocycles. The van der Waals surface area contributed by atoms with E-state index in [1.807, 2.05) is 0 Å². The van der Waals surface area contributed by atoms with E-state index in [-0.39, 0.29) is 22.3 Å². The molecule has 1 heterocycles. The second-order valence-corrected chi connectivity index (χ2v) is 8.67. The zero-order valence-corrected chi connectivity index (χ0v) is 16.7. The Kier molecular flexibility index (Phi) is 5.50. The van der Waals surface area contributed by atoms with Gasteiger partial charge in [0.2, 0.25) is 15.8 Å². The maximum atomic E-state index is 13.1. The summed E-state index contributed by atoms with van der Waals surface area (Å²) in [4.78, 5) is 7.27. The Morgan fingerprint density at radius 1 is 1.00 bits per heavy atom. The average molecular weight is 424 g/mol. The molecule has 0 aliphatic carbocycles. The lowest BCUT2D eigenvalue weighted by molar-refractivity contribution is -0.144. The minimum atomic E-state index is -4.69. The highest BCUT2D eigenvalue weighted by atomic mass is 32.2. The van der Waals surface area contributed by atoms with Gasteiger partial charge in [0.15, 0.2) is 0 Å². The van der Waals surface area contributed by atoms with Crippen LogP contribution in [0.4, 0.5) is 24.7 Å². The number of hydrogen-bond acceptors (Lipinski definition) is 5. The van der Waals surface area contributed by atoms with Crippen molar-refractivity contribution in [3.05, 3.63) is 54.4 Å². The molecular formula is C19H19F3N4O2S. The van der Waals surface area contributed by atoms with Crippen molar-refractivity contribution in [3.8, 4) is 0 Å². The molecule has 0 saturated carbocycles. The second kappa shape index (κ2) is 7.60. The molecule has 1 aromatic heterocycles. The molecule has 3 aromatic rings. The number of para-hydroxylation sites is 1. The van der Waals surface area contributed by atoms with Crippen molar-refractivity contribution in [2.45, 2.75) is 31.0 Å². The molecule has 0 fully saturated rings. The van der Waals surface area contributed by atoms with Crippen molar-refractivity contribution in [1.29, 1.82) is 0 Å². The van der Waals surface area contributed by atoms with E-state index in [1.54, 1.807) is 32.0 Å². The third kappa shape index (κ3) is 4.33. The lowest BCUT2D eigenvalue weighted by atomic mass is 10.2. The minimum absolute atomic E-state index is 0.0159. The molecule has 10 heteroatoms. The van der Waals surface area contributed by atoms with Crippen LogP contribution in [0.2, 0.25) is 0 Å². The van der Waals surface area contributed by atoms with E-state index in [4.69, 9.17) is 0 Å². The number of rotatable bonds is 5. The van der Waals surface area contributed by atoms with Crippen LogP contribution in [0.15, 0.2) is 53.4 Å². The van der Waals surface area contributed by atoms with Gasteiger partial charge in [-0.3, -0.25) is 0 Å². The zero-order chi connectivity index (χ0) is 21.4. The van der Waals surface area contributed by atoms with E-state index in [0.29, 0.717) is 11.1 Å². The quantitative estimate of drug-likeness (QED) is 0.656. The molecule has 0 saturated heterocycles. The molecule has 154 valence electrons. The standard InChI is InChI=1S/C19H19F3N4O2S/c1-12(2)26(3)29(27,28)14-10-8-13(9-11-14)23-17-15-6-4-5-7-16(15)24-18(25-17)19(20,21)22/h4-12H,1-3H3,(H,23,24,25). The maximum Gasteiger partial charge on any atom is 0.451 e. The van der Waals surface area contributed by atoms with Crippen molar-refractivity contribution in [2.75, 3.05) is 12.4 Å². The fraction of sp³-hybridized carbons (Fsp3) is 0.263. The van der Waals surface area contributed by atoms with Gasteiger partial charge in [0.25, 0.3) is 0 Å². The molecule has 0 aliphatic heterocycles. The highest BCUT2D eigenvalue weighted by Crippen LogP contribution is 2.31. The number of alkyl halides is 3. The van der Waals surface area contributed by atoms with E-state index >= 15 is 0 Å². The highest BCUT2D eigenvalue weighted by molar-refractivity contribution is 7.89. The van der Waals surface area contributed by atoms with Crippen molar-refractivity contribution in [2.24, 2.45) is 0 Å². The Morgan fingerprint density at radius 3 is 2.21 bits per heavy atom. The molecule has 0 amide bonds. The first-order chi connectivity index (χ1) is 13.5. The molecule has 0 aliphatic rings. The number of benzene rings is 2. The van der Waals surface area contributed by atoms with Crippen LogP contribution in [0.25, 0.3) is 10.9 Å². The average Bonchev–Trinajstić information content (AvgIpc) is 2.67. The summed E-state index contributed by atoms with van der Waals surface area (Å²) in [6, 6.07) is 11.9. The van der Waals surface area contributed by atoms with Gasteiger partial charge in [-0.2, -0.15) is 17.5 Å². The summed E-state index contributed by atoms with van der Waals surface area (Å²) in [5.74, 6) is -1.27. The molecule has 0 bridgehead atoms. The molecule has 0 radical (unpaired) electrons. The van der Waals surface area contributed by atoms with Crippen LogP contribution in [0, 0.1) is 0 Å². The number of sulfonamides is 1. The smallest absolute Gasteiger partial charge is 0.340 e. The molecular weight excluding hydrogens is 405 g/mol. The lowest BCUT2D eigenvalue weighted by Crippen LogP contribution is -2.32. The Hall–Kier alpha value is -2.72. The van der Waals surface area contributed by atoms with E-state index in [0.717, 1.165) is 0 Å². The van der Waals surface area contributed by atoms with Gasteiger partial charge < -0.3 is 5.32 Å². The SMILES string of the molecule is CC(C)N(C)S(=O)(=O)c1ccc(Nc2nc(C(F)(F)F)nc3ccccc23)cc1. The fourth-order valence-electron chi connectivity index (χ4n) is 2.59. The number of aromatic nitrogens is 2. The summed E-state index contributed by atoms with van der Waals surface area (Å²) in [7, 11) is -2.17. The van der Waals surface area contributed by atoms with Gasteiger partial charge in [-0.05, 0) is 50.2 Å². The first-order valence-electron chi connectivity index (χ1n) is 8.69. The molecule has 0 unspecified atom stereocenters. The summed E-state index contributed by atoms with van der Waals surface area (Å²) < 4.78 is 65.7. The molecule has 0 atom stereocenters. The highest BCUT2D eigenvalue weighted by Gasteiger charge is 2.35. The second-order valence-electron chi connectivity index (χ2n) is 6.68. The van der Waals surface area contributed by atoms with E-state index < -0.39 is 22.0 Å². The summed E-state index contributed by atoms with van der Waals surface area (Å²) in [6.07, 6.45) is -4.69. The van der Waals surface area contributed by atoms with Crippen molar-refractivity contribution in [3.63, 3.8) is 0 Å². The largest absolute Gasteiger partial charge is 0.451 e. The van der Waals surface area contributed by atoms with Gasteiger partial charge in [-0.15, -0.1) is 0 Å². The van der Waals surface area contributed by atoms with Crippen LogP contribution in [-0.2, 0) is 16.2 Å². The molecule has 0 spiro atoms. The molecule has 1 N–H and O–H groups in total. The van der Waals surface area contributed by atoms with Crippen LogP contribution in [0.5, 0.6) is 0 Å². The summed E-state index contributed by atoms with van der Waals surface area (Å²) in [5, 5.41) is 3.24. The Bertz CT molecular complexity index is 1130.